The Kier molecular flexibility index (Phi) is 6.82. The van der Waals surface area contributed by atoms with E-state index in [9.17, 15) is 4.79 Å². The van der Waals surface area contributed by atoms with Gasteiger partial charge >= 0.3 is 0 Å². The van der Waals surface area contributed by atoms with Crippen LogP contribution in [0.15, 0.2) is 48.5 Å². The summed E-state index contributed by atoms with van der Waals surface area (Å²) in [5.74, 6) is 0.579. The quantitative estimate of drug-likeness (QED) is 0.719. The van der Waals surface area contributed by atoms with Crippen molar-refractivity contribution in [3.63, 3.8) is 0 Å². The molecule has 4 nitrogen and oxygen atoms in total. The first-order chi connectivity index (χ1) is 11.7. The predicted octanol–water partition coefficient (Wildman–Crippen LogP) is 4.07. The zero-order chi connectivity index (χ0) is 17.4. The summed E-state index contributed by atoms with van der Waals surface area (Å²) >= 11 is 0. The third-order valence-corrected chi connectivity index (χ3v) is 3.89. The number of hydrogen-bond donors (Lipinski definition) is 2. The van der Waals surface area contributed by atoms with Gasteiger partial charge in [0.1, 0.15) is 11.8 Å². The SMILES string of the molecule is CCCCN[C@@H](C(=O)Nc1cc(C)ccc1OC)c1ccccc1. The van der Waals surface area contributed by atoms with Crippen LogP contribution in [0.1, 0.15) is 36.9 Å². The second kappa shape index (κ2) is 9.08. The molecule has 0 radical (unpaired) electrons. The van der Waals surface area contributed by atoms with Gasteiger partial charge in [0.2, 0.25) is 5.91 Å². The molecule has 0 spiro atoms. The molecule has 0 aliphatic heterocycles. The molecule has 2 N–H and O–H groups in total. The topological polar surface area (TPSA) is 50.4 Å². The number of ether oxygens (including phenoxy) is 1. The smallest absolute Gasteiger partial charge is 0.246 e. The zero-order valence-corrected chi connectivity index (χ0v) is 14.6. The normalized spacial score (nSPS) is 11.8. The van der Waals surface area contributed by atoms with Crippen molar-refractivity contribution in [2.45, 2.75) is 32.7 Å². The van der Waals surface area contributed by atoms with Gasteiger partial charge in [0, 0.05) is 0 Å². The molecule has 0 fully saturated rings. The van der Waals surface area contributed by atoms with E-state index in [2.05, 4.69) is 17.6 Å². The molecule has 0 aromatic heterocycles. The van der Waals surface area contributed by atoms with Crippen LogP contribution in [-0.4, -0.2) is 19.6 Å². The van der Waals surface area contributed by atoms with Crippen molar-refractivity contribution < 1.29 is 9.53 Å². The summed E-state index contributed by atoms with van der Waals surface area (Å²) in [5, 5.41) is 6.36. The molecule has 4 heteroatoms. The largest absolute Gasteiger partial charge is 0.495 e. The molecular formula is C20H26N2O2. The molecule has 0 aliphatic carbocycles. The van der Waals surface area contributed by atoms with Gasteiger partial charge < -0.3 is 15.4 Å². The van der Waals surface area contributed by atoms with Crippen molar-refractivity contribution in [2.75, 3.05) is 19.0 Å². The van der Waals surface area contributed by atoms with Crippen molar-refractivity contribution in [1.29, 1.82) is 0 Å². The molecule has 0 aliphatic rings. The minimum atomic E-state index is -0.386. The molecule has 2 aromatic rings. The van der Waals surface area contributed by atoms with Gasteiger partial charge in [-0.15, -0.1) is 0 Å². The molecule has 0 bridgehead atoms. The summed E-state index contributed by atoms with van der Waals surface area (Å²) < 4.78 is 5.35. The van der Waals surface area contributed by atoms with Crippen molar-refractivity contribution in [3.05, 3.63) is 59.7 Å². The molecule has 2 rings (SSSR count). The Balaban J connectivity index is 2.20. The summed E-state index contributed by atoms with van der Waals surface area (Å²) in [7, 11) is 1.61. The van der Waals surface area contributed by atoms with Gasteiger partial charge in [0.25, 0.3) is 0 Å². The van der Waals surface area contributed by atoms with E-state index in [0.717, 1.165) is 30.5 Å². The van der Waals surface area contributed by atoms with Gasteiger partial charge in [-0.3, -0.25) is 4.79 Å². The maximum atomic E-state index is 12.9. The van der Waals surface area contributed by atoms with Crippen LogP contribution in [0, 0.1) is 6.92 Å². The van der Waals surface area contributed by atoms with Gasteiger partial charge in [-0.05, 0) is 43.1 Å². The summed E-state index contributed by atoms with van der Waals surface area (Å²) in [4.78, 5) is 12.9. The van der Waals surface area contributed by atoms with E-state index in [-0.39, 0.29) is 11.9 Å². The van der Waals surface area contributed by atoms with E-state index in [0.29, 0.717) is 11.4 Å². The van der Waals surface area contributed by atoms with Crippen LogP contribution in [0.4, 0.5) is 5.69 Å². The molecule has 0 saturated carbocycles. The van der Waals surface area contributed by atoms with Crippen LogP contribution in [-0.2, 0) is 4.79 Å². The monoisotopic (exact) mass is 326 g/mol. The van der Waals surface area contributed by atoms with Gasteiger partial charge in [0.15, 0.2) is 0 Å². The Labute approximate surface area is 144 Å². The van der Waals surface area contributed by atoms with Crippen molar-refractivity contribution in [3.8, 4) is 5.75 Å². The first kappa shape index (κ1) is 18.0. The molecule has 2 aromatic carbocycles. The van der Waals surface area contributed by atoms with Crippen LogP contribution in [0.2, 0.25) is 0 Å². The predicted molar refractivity (Wildman–Crippen MR) is 98.5 cm³/mol. The Morgan fingerprint density at radius 3 is 2.58 bits per heavy atom. The van der Waals surface area contributed by atoms with E-state index >= 15 is 0 Å². The van der Waals surface area contributed by atoms with Gasteiger partial charge in [-0.2, -0.15) is 0 Å². The van der Waals surface area contributed by atoms with Crippen LogP contribution >= 0.6 is 0 Å². The summed E-state index contributed by atoms with van der Waals surface area (Å²) in [5.41, 5.74) is 2.72. The molecule has 128 valence electrons. The Morgan fingerprint density at radius 2 is 1.92 bits per heavy atom. The molecule has 1 amide bonds. The molecule has 1 atom stereocenters. The number of carbonyl (C=O) groups excluding carboxylic acids is 1. The van der Waals surface area contributed by atoms with Gasteiger partial charge in [-0.25, -0.2) is 0 Å². The molecule has 0 saturated heterocycles. The number of aryl methyl sites for hydroxylation is 1. The number of amides is 1. The van der Waals surface area contributed by atoms with E-state index in [1.54, 1.807) is 7.11 Å². The fourth-order valence-electron chi connectivity index (χ4n) is 2.55. The number of benzene rings is 2. The summed E-state index contributed by atoms with van der Waals surface area (Å²) in [6.45, 7) is 4.93. The Hall–Kier alpha value is -2.33. The zero-order valence-electron chi connectivity index (χ0n) is 14.6. The van der Waals surface area contributed by atoms with Gasteiger partial charge in [0.05, 0.1) is 12.8 Å². The second-order valence-electron chi connectivity index (χ2n) is 5.84. The van der Waals surface area contributed by atoms with Crippen LogP contribution < -0.4 is 15.4 Å². The molecule has 24 heavy (non-hydrogen) atoms. The van der Waals surface area contributed by atoms with E-state index < -0.39 is 0 Å². The average molecular weight is 326 g/mol. The fraction of sp³-hybridized carbons (Fsp3) is 0.350. The first-order valence-corrected chi connectivity index (χ1v) is 8.39. The lowest BCUT2D eigenvalue weighted by Crippen LogP contribution is -2.33. The summed E-state index contributed by atoms with van der Waals surface area (Å²) in [6.07, 6.45) is 2.12. The van der Waals surface area contributed by atoms with Crippen molar-refractivity contribution in [1.82, 2.24) is 5.32 Å². The van der Waals surface area contributed by atoms with Crippen LogP contribution in [0.3, 0.4) is 0 Å². The third kappa shape index (κ3) is 4.83. The number of nitrogens with one attached hydrogen (secondary N) is 2. The molecule has 0 heterocycles. The maximum absolute atomic E-state index is 12.9. The number of hydrogen-bond acceptors (Lipinski definition) is 3. The standard InChI is InChI=1S/C20H26N2O2/c1-4-5-13-21-19(16-9-7-6-8-10-16)20(23)22-17-14-15(2)11-12-18(17)24-3/h6-12,14,19,21H,4-5,13H2,1-3H3,(H,22,23)/t19-/m1/s1. The highest BCUT2D eigenvalue weighted by Gasteiger charge is 2.21. The first-order valence-electron chi connectivity index (χ1n) is 8.39. The third-order valence-electron chi connectivity index (χ3n) is 3.89. The highest BCUT2D eigenvalue weighted by molar-refractivity contribution is 5.96. The van der Waals surface area contributed by atoms with E-state index in [4.69, 9.17) is 4.74 Å². The second-order valence-corrected chi connectivity index (χ2v) is 5.84. The lowest BCUT2D eigenvalue weighted by Gasteiger charge is -2.20. The van der Waals surface area contributed by atoms with E-state index in [1.807, 2.05) is 55.5 Å². The average Bonchev–Trinajstić information content (AvgIpc) is 2.59. The van der Waals surface area contributed by atoms with Crippen molar-refractivity contribution in [2.24, 2.45) is 0 Å². The highest BCUT2D eigenvalue weighted by atomic mass is 16.5. The van der Waals surface area contributed by atoms with Crippen LogP contribution in [0.5, 0.6) is 5.75 Å². The highest BCUT2D eigenvalue weighted by Crippen LogP contribution is 2.26. The van der Waals surface area contributed by atoms with E-state index in [1.165, 1.54) is 0 Å². The number of rotatable bonds is 8. The van der Waals surface area contributed by atoms with Crippen LogP contribution in [0.25, 0.3) is 0 Å². The van der Waals surface area contributed by atoms with Gasteiger partial charge in [-0.1, -0.05) is 49.7 Å². The number of carbonyl (C=O) groups is 1. The van der Waals surface area contributed by atoms with Crippen molar-refractivity contribution >= 4 is 11.6 Å². The lowest BCUT2D eigenvalue weighted by atomic mass is 10.1. The molecular weight excluding hydrogens is 300 g/mol. The minimum absolute atomic E-state index is 0.0822. The summed E-state index contributed by atoms with van der Waals surface area (Å²) in [6, 6.07) is 15.2. The molecule has 0 unspecified atom stereocenters. The fourth-order valence-corrected chi connectivity index (χ4v) is 2.55. The number of unbranched alkanes of at least 4 members (excludes halogenated alkanes) is 1. The Morgan fingerprint density at radius 1 is 1.17 bits per heavy atom. The number of methoxy groups -OCH3 is 1. The minimum Gasteiger partial charge on any atom is -0.495 e. The Bertz CT molecular complexity index is 656. The lowest BCUT2D eigenvalue weighted by molar-refractivity contribution is -0.118. The number of anilines is 1. The maximum Gasteiger partial charge on any atom is 0.246 e.